The highest BCUT2D eigenvalue weighted by molar-refractivity contribution is 5.99. The minimum absolute atomic E-state index is 0. The zero-order valence-electron chi connectivity index (χ0n) is 19.6. The number of methoxy groups -OCH3 is 1. The molecule has 0 saturated heterocycles. The molecule has 0 N–H and O–H groups in total. The lowest BCUT2D eigenvalue weighted by Crippen LogP contribution is -2.40. The molecular formula is C27H31ClN4O2. The first kappa shape index (κ1) is 22.8. The van der Waals surface area contributed by atoms with Gasteiger partial charge in [-0.1, -0.05) is 30.3 Å². The molecule has 2 aliphatic rings. The van der Waals surface area contributed by atoms with E-state index in [0.717, 1.165) is 75.5 Å². The molecule has 0 fully saturated rings. The SMILES string of the molecule is COc1cccc2cc3n(c12)CCN(CCCCN1CCn2c(cc4ccccc42)C1=O)C3.Cl. The summed E-state index contributed by atoms with van der Waals surface area (Å²) < 4.78 is 10.2. The van der Waals surface area contributed by atoms with Gasteiger partial charge in [0, 0.05) is 61.3 Å². The Hall–Kier alpha value is -2.96. The molecule has 6 rings (SSSR count). The molecule has 2 aromatic carbocycles. The molecule has 0 spiro atoms. The Morgan fingerprint density at radius 2 is 1.65 bits per heavy atom. The van der Waals surface area contributed by atoms with Crippen molar-refractivity contribution in [3.8, 4) is 5.75 Å². The molecule has 0 saturated carbocycles. The molecule has 2 aromatic heterocycles. The molecular weight excluding hydrogens is 448 g/mol. The van der Waals surface area contributed by atoms with Crippen LogP contribution in [0.25, 0.3) is 21.8 Å². The van der Waals surface area contributed by atoms with Crippen LogP contribution >= 0.6 is 12.4 Å². The van der Waals surface area contributed by atoms with Crippen molar-refractivity contribution in [2.24, 2.45) is 0 Å². The van der Waals surface area contributed by atoms with Gasteiger partial charge in [-0.25, -0.2) is 0 Å². The number of carbonyl (C=O) groups excluding carboxylic acids is 1. The van der Waals surface area contributed by atoms with Crippen LogP contribution in [0.5, 0.6) is 5.75 Å². The second kappa shape index (κ2) is 9.35. The van der Waals surface area contributed by atoms with Crippen molar-refractivity contribution in [3.05, 3.63) is 66.0 Å². The van der Waals surface area contributed by atoms with Gasteiger partial charge in [-0.3, -0.25) is 9.69 Å². The lowest BCUT2D eigenvalue weighted by Gasteiger charge is -2.30. The van der Waals surface area contributed by atoms with Crippen LogP contribution in [-0.4, -0.2) is 58.1 Å². The Bertz CT molecular complexity index is 1340. The summed E-state index contributed by atoms with van der Waals surface area (Å²) in [6.07, 6.45) is 2.15. The highest BCUT2D eigenvalue weighted by Crippen LogP contribution is 2.31. The number of aromatic nitrogens is 2. The van der Waals surface area contributed by atoms with Crippen molar-refractivity contribution < 1.29 is 9.53 Å². The van der Waals surface area contributed by atoms with Gasteiger partial charge in [-0.15, -0.1) is 12.4 Å². The van der Waals surface area contributed by atoms with Gasteiger partial charge < -0.3 is 18.8 Å². The average molecular weight is 479 g/mol. The number of ether oxygens (including phenoxy) is 1. The quantitative estimate of drug-likeness (QED) is 0.375. The van der Waals surface area contributed by atoms with Gasteiger partial charge in [0.1, 0.15) is 11.4 Å². The molecule has 4 aromatic rings. The van der Waals surface area contributed by atoms with Crippen molar-refractivity contribution in [1.82, 2.24) is 18.9 Å². The zero-order valence-corrected chi connectivity index (χ0v) is 20.4. The normalized spacial score (nSPS) is 15.9. The molecule has 0 atom stereocenters. The van der Waals surface area contributed by atoms with Crippen molar-refractivity contribution in [3.63, 3.8) is 0 Å². The summed E-state index contributed by atoms with van der Waals surface area (Å²) in [6, 6.07) is 18.9. The maximum atomic E-state index is 13.0. The third kappa shape index (κ3) is 3.85. The number of carbonyl (C=O) groups is 1. The number of halogens is 1. The number of nitrogens with zero attached hydrogens (tertiary/aromatic N) is 4. The van der Waals surface area contributed by atoms with Gasteiger partial charge in [0.2, 0.25) is 0 Å². The smallest absolute Gasteiger partial charge is 0.270 e. The summed E-state index contributed by atoms with van der Waals surface area (Å²) in [5.74, 6) is 1.13. The van der Waals surface area contributed by atoms with Crippen LogP contribution in [0, 0.1) is 0 Å². The highest BCUT2D eigenvalue weighted by atomic mass is 35.5. The third-order valence-electron chi connectivity index (χ3n) is 7.28. The van der Waals surface area contributed by atoms with E-state index in [1.807, 2.05) is 29.2 Å². The van der Waals surface area contributed by atoms with Crippen LogP contribution in [0.3, 0.4) is 0 Å². The lowest BCUT2D eigenvalue weighted by atomic mass is 10.2. The number of rotatable bonds is 6. The monoisotopic (exact) mass is 478 g/mol. The van der Waals surface area contributed by atoms with Gasteiger partial charge in [-0.05, 0) is 43.7 Å². The van der Waals surface area contributed by atoms with Crippen LogP contribution in [0.4, 0.5) is 0 Å². The van der Waals surface area contributed by atoms with Crippen LogP contribution in [-0.2, 0) is 19.6 Å². The number of hydrogen-bond donors (Lipinski definition) is 0. The summed E-state index contributed by atoms with van der Waals surface area (Å²) in [4.78, 5) is 17.6. The maximum absolute atomic E-state index is 13.0. The zero-order chi connectivity index (χ0) is 22.4. The Kier molecular flexibility index (Phi) is 6.28. The van der Waals surface area contributed by atoms with E-state index in [-0.39, 0.29) is 18.3 Å². The summed E-state index contributed by atoms with van der Waals surface area (Å²) in [6.45, 7) is 6.62. The van der Waals surface area contributed by atoms with E-state index in [1.54, 1.807) is 7.11 Å². The van der Waals surface area contributed by atoms with E-state index in [4.69, 9.17) is 4.74 Å². The van der Waals surface area contributed by atoms with E-state index >= 15 is 0 Å². The molecule has 4 heterocycles. The fourth-order valence-electron chi connectivity index (χ4n) is 5.60. The molecule has 34 heavy (non-hydrogen) atoms. The van der Waals surface area contributed by atoms with Crippen molar-refractivity contribution in [2.75, 3.05) is 33.3 Å². The first-order valence-electron chi connectivity index (χ1n) is 12.0. The van der Waals surface area contributed by atoms with Gasteiger partial charge in [0.15, 0.2) is 0 Å². The summed E-state index contributed by atoms with van der Waals surface area (Å²) in [7, 11) is 1.75. The number of para-hydroxylation sites is 2. The number of fused-ring (bicyclic) bond motifs is 6. The van der Waals surface area contributed by atoms with Crippen LogP contribution in [0.2, 0.25) is 0 Å². The van der Waals surface area contributed by atoms with Gasteiger partial charge in [-0.2, -0.15) is 0 Å². The molecule has 6 nitrogen and oxygen atoms in total. The van der Waals surface area contributed by atoms with Crippen molar-refractivity contribution in [1.29, 1.82) is 0 Å². The van der Waals surface area contributed by atoms with Gasteiger partial charge >= 0.3 is 0 Å². The number of benzene rings is 2. The number of unbranched alkanes of at least 4 members (excludes halogenated alkanes) is 1. The van der Waals surface area contributed by atoms with Crippen molar-refractivity contribution >= 4 is 40.1 Å². The van der Waals surface area contributed by atoms with Crippen LogP contribution < -0.4 is 4.74 Å². The topological polar surface area (TPSA) is 42.6 Å². The maximum Gasteiger partial charge on any atom is 0.270 e. The minimum atomic E-state index is 0. The van der Waals surface area contributed by atoms with E-state index < -0.39 is 0 Å². The Morgan fingerprint density at radius 3 is 2.53 bits per heavy atom. The predicted octanol–water partition coefficient (Wildman–Crippen LogP) is 4.78. The molecule has 0 radical (unpaired) electrons. The minimum Gasteiger partial charge on any atom is -0.495 e. The Labute approximate surface area is 206 Å². The first-order chi connectivity index (χ1) is 16.2. The standard InChI is InChI=1S/C27H30N4O2.ClH/c1-33-25-10-6-8-21-17-22-19-28(13-15-30(22)26(21)25)11-4-5-12-29-14-16-31-23-9-3-2-7-20(23)18-24(31)27(29)32;/h2-3,6-10,17-18H,4-5,11-16,19H2,1H3;1H. The third-order valence-corrected chi connectivity index (χ3v) is 7.28. The lowest BCUT2D eigenvalue weighted by molar-refractivity contribution is 0.0701. The number of amides is 1. The average Bonchev–Trinajstić information content (AvgIpc) is 3.41. The largest absolute Gasteiger partial charge is 0.495 e. The second-order valence-corrected chi connectivity index (χ2v) is 9.20. The molecule has 178 valence electrons. The Balaban J connectivity index is 0.00000241. The summed E-state index contributed by atoms with van der Waals surface area (Å²) in [5, 5.41) is 2.41. The second-order valence-electron chi connectivity index (χ2n) is 9.20. The predicted molar refractivity (Wildman–Crippen MR) is 138 cm³/mol. The van der Waals surface area contributed by atoms with Gasteiger partial charge in [0.25, 0.3) is 5.91 Å². The van der Waals surface area contributed by atoms with E-state index in [1.165, 1.54) is 22.1 Å². The Morgan fingerprint density at radius 1 is 0.853 bits per heavy atom. The fraction of sp³-hybridized carbons (Fsp3) is 0.370. The molecule has 7 heteroatoms. The van der Waals surface area contributed by atoms with E-state index in [9.17, 15) is 4.79 Å². The molecule has 0 aliphatic carbocycles. The first-order valence-corrected chi connectivity index (χ1v) is 12.0. The molecule has 0 unspecified atom stereocenters. The highest BCUT2D eigenvalue weighted by Gasteiger charge is 2.26. The van der Waals surface area contributed by atoms with Gasteiger partial charge in [0.05, 0.1) is 12.6 Å². The fourth-order valence-corrected chi connectivity index (χ4v) is 5.60. The van der Waals surface area contributed by atoms with Crippen LogP contribution in [0.1, 0.15) is 29.0 Å². The summed E-state index contributed by atoms with van der Waals surface area (Å²) >= 11 is 0. The molecule has 2 aliphatic heterocycles. The molecule has 1 amide bonds. The van der Waals surface area contributed by atoms with E-state index in [2.05, 4.69) is 44.4 Å². The van der Waals surface area contributed by atoms with Crippen molar-refractivity contribution in [2.45, 2.75) is 32.5 Å². The van der Waals surface area contributed by atoms with Crippen LogP contribution in [0.15, 0.2) is 54.6 Å². The summed E-state index contributed by atoms with van der Waals surface area (Å²) in [5.41, 5.74) is 4.58. The molecule has 0 bridgehead atoms. The number of hydrogen-bond acceptors (Lipinski definition) is 3. The van der Waals surface area contributed by atoms with E-state index in [0.29, 0.717) is 0 Å².